The van der Waals surface area contributed by atoms with Crippen LogP contribution in [0.1, 0.15) is 0 Å². The van der Waals surface area contributed by atoms with Crippen LogP contribution in [0.2, 0.25) is 0 Å². The molecule has 0 aromatic carbocycles. The van der Waals surface area contributed by atoms with Crippen LogP contribution in [0, 0.1) is 0 Å². The van der Waals surface area contributed by atoms with Crippen molar-refractivity contribution in [3.63, 3.8) is 0 Å². The van der Waals surface area contributed by atoms with Gasteiger partial charge in [0, 0.05) is 0 Å². The summed E-state index contributed by atoms with van der Waals surface area (Å²) in [6.07, 6.45) is 1.30. The number of alkyl halides is 1. The zero-order chi connectivity index (χ0) is 5.11. The zero-order valence-electron chi connectivity index (χ0n) is 3.80. The van der Waals surface area contributed by atoms with Crippen molar-refractivity contribution >= 4 is 6.40 Å². The molecule has 0 aliphatic carbocycles. The molecule has 2 nitrogen and oxygen atoms in total. The summed E-state index contributed by atoms with van der Waals surface area (Å²) in [7, 11) is 0. The maximum Gasteiger partial charge on any atom is 0.169 e. The van der Waals surface area contributed by atoms with Gasteiger partial charge in [0.25, 0.3) is 0 Å². The lowest BCUT2D eigenvalue weighted by Crippen LogP contribution is -2.07. The lowest BCUT2D eigenvalue weighted by atomic mass is 10.4. The van der Waals surface area contributed by atoms with Gasteiger partial charge in [0.05, 0.1) is 0 Å². The summed E-state index contributed by atoms with van der Waals surface area (Å²) in [4.78, 5) is 3.63. The van der Waals surface area contributed by atoms with Crippen LogP contribution >= 0.6 is 0 Å². The first-order valence-electron chi connectivity index (χ1n) is 2.12. The number of ether oxygens (including phenoxy) is 1. The summed E-state index contributed by atoms with van der Waals surface area (Å²) in [5, 5.41) is 0. The van der Waals surface area contributed by atoms with Crippen LogP contribution in [0.3, 0.4) is 0 Å². The summed E-state index contributed by atoms with van der Waals surface area (Å²) in [5.74, 6) is 0. The van der Waals surface area contributed by atoms with Gasteiger partial charge in [0.2, 0.25) is 0 Å². The number of nitrogens with zero attached hydrogens (tertiary/aromatic N) is 1. The van der Waals surface area contributed by atoms with Gasteiger partial charge in [-0.25, -0.2) is 9.38 Å². The minimum Gasteiger partial charge on any atom is -0.481 e. The highest BCUT2D eigenvalue weighted by atomic mass is 19.1. The zero-order valence-corrected chi connectivity index (χ0v) is 3.80. The van der Waals surface area contributed by atoms with Crippen LogP contribution < -0.4 is 0 Å². The highest BCUT2D eigenvalue weighted by Crippen LogP contribution is 1.97. The number of rotatable bonds is 1. The molecule has 7 heavy (non-hydrogen) atoms. The number of aliphatic imine (C=N–C) groups is 1. The van der Waals surface area contributed by atoms with Crippen molar-refractivity contribution in [3.05, 3.63) is 0 Å². The second kappa shape index (κ2) is 1.91. The Morgan fingerprint density at radius 3 is 3.14 bits per heavy atom. The summed E-state index contributed by atoms with van der Waals surface area (Å²) in [5.41, 5.74) is 0. The van der Waals surface area contributed by atoms with Crippen LogP contribution in [0.15, 0.2) is 4.99 Å². The Bertz CT molecular complexity index is 83.8. The third-order valence-electron chi connectivity index (χ3n) is 0.813. The smallest absolute Gasteiger partial charge is 0.169 e. The molecule has 0 saturated carbocycles. The van der Waals surface area contributed by atoms with Crippen molar-refractivity contribution in [3.8, 4) is 0 Å². The molecule has 1 aliphatic rings. The van der Waals surface area contributed by atoms with E-state index in [0.717, 1.165) is 0 Å². The van der Waals surface area contributed by atoms with Gasteiger partial charge in [-0.2, -0.15) is 0 Å². The Balaban J connectivity index is 2.28. The standard InChI is InChI=1S/C4H6FNO/c5-1-4-2-7-3-6-4/h3-4H,1-2H2. The number of halogens is 1. The Kier molecular flexibility index (Phi) is 1.24. The van der Waals surface area contributed by atoms with E-state index >= 15 is 0 Å². The Hall–Kier alpha value is -0.600. The molecular weight excluding hydrogens is 97.0 g/mol. The normalized spacial score (nSPS) is 27.9. The van der Waals surface area contributed by atoms with Crippen molar-refractivity contribution in [1.82, 2.24) is 0 Å². The van der Waals surface area contributed by atoms with Crippen LogP contribution in [-0.4, -0.2) is 25.7 Å². The van der Waals surface area contributed by atoms with E-state index in [-0.39, 0.29) is 6.04 Å². The van der Waals surface area contributed by atoms with E-state index in [0.29, 0.717) is 6.61 Å². The van der Waals surface area contributed by atoms with Crippen LogP contribution in [0.5, 0.6) is 0 Å². The predicted octanol–water partition coefficient (Wildman–Crippen LogP) is 0.383. The fourth-order valence-corrected chi connectivity index (χ4v) is 0.411. The lowest BCUT2D eigenvalue weighted by molar-refractivity contribution is 0.299. The molecule has 1 aliphatic heterocycles. The molecule has 0 bridgehead atoms. The SMILES string of the molecule is FCC1COC=N1. The second-order valence-electron chi connectivity index (χ2n) is 1.40. The largest absolute Gasteiger partial charge is 0.481 e. The highest BCUT2D eigenvalue weighted by Gasteiger charge is 2.08. The van der Waals surface area contributed by atoms with Crippen LogP contribution in [-0.2, 0) is 4.74 Å². The van der Waals surface area contributed by atoms with Gasteiger partial charge >= 0.3 is 0 Å². The minimum atomic E-state index is -0.406. The molecule has 0 aromatic rings. The van der Waals surface area contributed by atoms with Crippen molar-refractivity contribution in [1.29, 1.82) is 0 Å². The molecule has 3 heteroatoms. The van der Waals surface area contributed by atoms with E-state index in [2.05, 4.69) is 9.73 Å². The molecule has 0 aromatic heterocycles. The summed E-state index contributed by atoms with van der Waals surface area (Å²) >= 11 is 0. The molecule has 0 N–H and O–H groups in total. The fraction of sp³-hybridized carbons (Fsp3) is 0.750. The first-order chi connectivity index (χ1) is 3.43. The minimum absolute atomic E-state index is 0.222. The molecule has 0 saturated heterocycles. The fourth-order valence-electron chi connectivity index (χ4n) is 0.411. The third-order valence-corrected chi connectivity index (χ3v) is 0.813. The molecule has 1 heterocycles. The Labute approximate surface area is 41.0 Å². The average Bonchev–Trinajstić information content (AvgIpc) is 2.14. The van der Waals surface area contributed by atoms with Gasteiger partial charge in [0.1, 0.15) is 19.3 Å². The Morgan fingerprint density at radius 1 is 2.00 bits per heavy atom. The van der Waals surface area contributed by atoms with Gasteiger partial charge in [-0.15, -0.1) is 0 Å². The van der Waals surface area contributed by atoms with E-state index in [9.17, 15) is 4.39 Å². The summed E-state index contributed by atoms with van der Waals surface area (Å²) in [6, 6.07) is -0.222. The monoisotopic (exact) mass is 103 g/mol. The predicted molar refractivity (Wildman–Crippen MR) is 24.2 cm³/mol. The summed E-state index contributed by atoms with van der Waals surface area (Å²) in [6.45, 7) is 0.00694. The third kappa shape index (κ3) is 0.885. The lowest BCUT2D eigenvalue weighted by Gasteiger charge is -1.92. The van der Waals surface area contributed by atoms with E-state index in [1.54, 1.807) is 0 Å². The van der Waals surface area contributed by atoms with Crippen molar-refractivity contribution < 1.29 is 9.13 Å². The van der Waals surface area contributed by atoms with E-state index in [1.165, 1.54) is 6.40 Å². The Morgan fingerprint density at radius 2 is 2.86 bits per heavy atom. The van der Waals surface area contributed by atoms with E-state index < -0.39 is 6.67 Å². The van der Waals surface area contributed by atoms with Crippen molar-refractivity contribution in [2.75, 3.05) is 13.3 Å². The first-order valence-corrected chi connectivity index (χ1v) is 2.12. The molecule has 1 unspecified atom stereocenters. The molecule has 0 spiro atoms. The molecule has 0 fully saturated rings. The molecule has 40 valence electrons. The molecular formula is C4H6FNO. The molecule has 1 atom stereocenters. The maximum absolute atomic E-state index is 11.5. The molecule has 1 rings (SSSR count). The number of hydrogen-bond donors (Lipinski definition) is 0. The van der Waals surface area contributed by atoms with E-state index in [4.69, 9.17) is 0 Å². The summed E-state index contributed by atoms with van der Waals surface area (Å²) < 4.78 is 16.1. The van der Waals surface area contributed by atoms with Gasteiger partial charge in [-0.3, -0.25) is 0 Å². The average molecular weight is 103 g/mol. The van der Waals surface area contributed by atoms with Crippen molar-refractivity contribution in [2.24, 2.45) is 4.99 Å². The van der Waals surface area contributed by atoms with Gasteiger partial charge in [-0.1, -0.05) is 0 Å². The number of hydrogen-bond acceptors (Lipinski definition) is 2. The van der Waals surface area contributed by atoms with Crippen LogP contribution in [0.25, 0.3) is 0 Å². The second-order valence-corrected chi connectivity index (χ2v) is 1.40. The highest BCUT2D eigenvalue weighted by molar-refractivity contribution is 5.48. The molecule has 0 radical (unpaired) electrons. The van der Waals surface area contributed by atoms with E-state index in [1.807, 2.05) is 0 Å². The van der Waals surface area contributed by atoms with Crippen LogP contribution in [0.4, 0.5) is 4.39 Å². The van der Waals surface area contributed by atoms with Crippen molar-refractivity contribution in [2.45, 2.75) is 6.04 Å². The quantitative estimate of drug-likeness (QED) is 0.470. The van der Waals surface area contributed by atoms with Gasteiger partial charge in [0.15, 0.2) is 6.40 Å². The topological polar surface area (TPSA) is 21.6 Å². The molecule has 0 amide bonds. The first kappa shape index (κ1) is 4.56. The van der Waals surface area contributed by atoms with Gasteiger partial charge in [-0.05, 0) is 0 Å². The maximum atomic E-state index is 11.5. The van der Waals surface area contributed by atoms with Gasteiger partial charge < -0.3 is 4.74 Å².